The van der Waals surface area contributed by atoms with Crippen molar-refractivity contribution in [3.63, 3.8) is 0 Å². The van der Waals surface area contributed by atoms with Crippen LogP contribution in [0.1, 0.15) is 26.3 Å². The minimum absolute atomic E-state index is 0. The van der Waals surface area contributed by atoms with Crippen LogP contribution in [0.4, 0.5) is 0 Å². The Kier molecular flexibility index (Phi) is 7.17. The van der Waals surface area contributed by atoms with Gasteiger partial charge in [0.05, 0.1) is 10.8 Å². The molecule has 1 saturated heterocycles. The molecule has 1 heterocycles. The van der Waals surface area contributed by atoms with Crippen molar-refractivity contribution in [2.45, 2.75) is 37.4 Å². The van der Waals surface area contributed by atoms with Gasteiger partial charge in [0.15, 0.2) is 10.9 Å². The molecule has 0 saturated carbocycles. The Hall–Kier alpha value is -0.320. The predicted octanol–water partition coefficient (Wildman–Crippen LogP) is 2.54. The van der Waals surface area contributed by atoms with E-state index in [2.05, 4.69) is 4.99 Å². The molecule has 0 radical (unpaired) electrons. The summed E-state index contributed by atoms with van der Waals surface area (Å²) in [4.78, 5) is 6.08. The van der Waals surface area contributed by atoms with E-state index < -0.39 is 15.7 Å². The van der Waals surface area contributed by atoms with E-state index >= 15 is 0 Å². The number of amidine groups is 1. The molecule has 0 amide bonds. The molecule has 0 spiro atoms. The number of hydrogen-bond acceptors (Lipinski definition) is 5. The first kappa shape index (κ1) is 21.7. The molecule has 1 aromatic rings. The number of thioether (sulfide) groups is 1. The topological polar surface area (TPSA) is 96.0 Å². The Morgan fingerprint density at radius 3 is 2.62 bits per heavy atom. The van der Waals surface area contributed by atoms with Gasteiger partial charge in [0, 0.05) is 18.2 Å². The molecule has 0 aromatic heterocycles. The van der Waals surface area contributed by atoms with Crippen molar-refractivity contribution in [3.05, 3.63) is 28.8 Å². The lowest BCUT2D eigenvalue weighted by atomic mass is 10.0. The van der Waals surface area contributed by atoms with Crippen molar-refractivity contribution in [2.75, 3.05) is 12.3 Å². The Bertz CT molecular complexity index is 743. The third-order valence-corrected chi connectivity index (χ3v) is 5.99. The van der Waals surface area contributed by atoms with Gasteiger partial charge in [0.1, 0.15) is 4.90 Å². The summed E-state index contributed by atoms with van der Waals surface area (Å²) in [6.45, 7) is 6.35. The minimum atomic E-state index is -3.97. The highest BCUT2D eigenvalue weighted by Crippen LogP contribution is 2.40. The number of rotatable bonds is 4. The highest BCUT2D eigenvalue weighted by molar-refractivity contribution is 8.93. The van der Waals surface area contributed by atoms with Crippen LogP contribution in [-0.2, 0) is 15.7 Å². The molecule has 136 valence electrons. The molecule has 1 atom stereocenters. The summed E-state index contributed by atoms with van der Waals surface area (Å²) >= 11 is 7.35. The van der Waals surface area contributed by atoms with Crippen LogP contribution >= 0.6 is 40.3 Å². The average Bonchev–Trinajstić information content (AvgIpc) is 2.74. The number of nitrogens with two attached hydrogens (primary N) is 1. The SMILES string of the molecule is Br.CCN1C(=NC(C)C)SCC1(O)c1ccc(Cl)c(S(N)(=O)=O)c1. The zero-order chi connectivity index (χ0) is 17.4. The number of primary sulfonamides is 1. The maximum atomic E-state index is 11.7. The van der Waals surface area contributed by atoms with Crippen molar-refractivity contribution in [1.82, 2.24) is 4.90 Å². The number of aliphatic hydroxyl groups is 1. The maximum Gasteiger partial charge on any atom is 0.239 e. The van der Waals surface area contributed by atoms with Gasteiger partial charge in [-0.1, -0.05) is 29.4 Å². The third kappa shape index (κ3) is 4.25. The van der Waals surface area contributed by atoms with Crippen LogP contribution in [-0.4, -0.2) is 41.9 Å². The Balaban J connectivity index is 0.00000288. The van der Waals surface area contributed by atoms with E-state index in [9.17, 15) is 13.5 Å². The van der Waals surface area contributed by atoms with Crippen molar-refractivity contribution in [1.29, 1.82) is 0 Å². The lowest BCUT2D eigenvalue weighted by molar-refractivity contribution is -0.0455. The Morgan fingerprint density at radius 2 is 2.12 bits per heavy atom. The zero-order valence-corrected chi connectivity index (χ0v) is 17.7. The van der Waals surface area contributed by atoms with Gasteiger partial charge in [-0.2, -0.15) is 0 Å². The lowest BCUT2D eigenvalue weighted by Crippen LogP contribution is -2.45. The molecule has 10 heteroatoms. The summed E-state index contributed by atoms with van der Waals surface area (Å²) in [5.41, 5.74) is -0.925. The first-order valence-corrected chi connectivity index (χ1v) is 10.0. The Labute approximate surface area is 162 Å². The van der Waals surface area contributed by atoms with Crippen molar-refractivity contribution < 1.29 is 13.5 Å². The summed E-state index contributed by atoms with van der Waals surface area (Å²) < 4.78 is 23.3. The summed E-state index contributed by atoms with van der Waals surface area (Å²) in [5.74, 6) is 0.345. The van der Waals surface area contributed by atoms with Crippen LogP contribution in [0.15, 0.2) is 28.1 Å². The minimum Gasteiger partial charge on any atom is -0.366 e. The van der Waals surface area contributed by atoms with Gasteiger partial charge >= 0.3 is 0 Å². The van der Waals surface area contributed by atoms with Crippen molar-refractivity contribution in [2.24, 2.45) is 10.1 Å². The average molecular weight is 459 g/mol. The van der Waals surface area contributed by atoms with Gasteiger partial charge in [0.25, 0.3) is 0 Å². The molecule has 1 fully saturated rings. The number of benzene rings is 1. The highest BCUT2D eigenvalue weighted by Gasteiger charge is 2.44. The fourth-order valence-corrected chi connectivity index (χ4v) is 4.86. The molecule has 1 unspecified atom stereocenters. The molecule has 1 aliphatic rings. The lowest BCUT2D eigenvalue weighted by Gasteiger charge is -2.34. The quantitative estimate of drug-likeness (QED) is 0.723. The molecule has 2 rings (SSSR count). The largest absolute Gasteiger partial charge is 0.366 e. The second kappa shape index (κ2) is 7.92. The van der Waals surface area contributed by atoms with Gasteiger partial charge in [-0.15, -0.1) is 17.0 Å². The molecule has 0 aliphatic carbocycles. The van der Waals surface area contributed by atoms with Crippen LogP contribution in [0, 0.1) is 0 Å². The van der Waals surface area contributed by atoms with E-state index in [1.54, 1.807) is 11.0 Å². The van der Waals surface area contributed by atoms with Crippen molar-refractivity contribution >= 4 is 55.5 Å². The second-order valence-electron chi connectivity index (χ2n) is 5.55. The van der Waals surface area contributed by atoms with Crippen LogP contribution in [0.2, 0.25) is 5.02 Å². The number of aliphatic imine (C=N–C) groups is 1. The van der Waals surface area contributed by atoms with Crippen LogP contribution in [0.25, 0.3) is 0 Å². The molecular formula is C14H21BrClN3O3S2. The first-order chi connectivity index (χ1) is 10.6. The smallest absolute Gasteiger partial charge is 0.239 e. The van der Waals surface area contributed by atoms with E-state index in [0.717, 1.165) is 5.17 Å². The summed E-state index contributed by atoms with van der Waals surface area (Å²) in [5, 5.41) is 17.1. The van der Waals surface area contributed by atoms with Gasteiger partial charge in [-0.05, 0) is 32.9 Å². The standard InChI is InChI=1S/C14H20ClN3O3S2.BrH/c1-4-18-13(17-9(2)3)22-8-14(18,19)10-5-6-11(15)12(7-10)23(16,20)21;/h5-7,9,19H,4,8H2,1-3H3,(H2,16,20,21);1H. The van der Waals surface area contributed by atoms with E-state index in [-0.39, 0.29) is 32.9 Å². The zero-order valence-electron chi connectivity index (χ0n) is 13.6. The highest BCUT2D eigenvalue weighted by atomic mass is 79.9. The molecule has 1 aliphatic heterocycles. The summed E-state index contributed by atoms with van der Waals surface area (Å²) in [7, 11) is -3.97. The summed E-state index contributed by atoms with van der Waals surface area (Å²) in [6, 6.07) is 4.47. The van der Waals surface area contributed by atoms with Gasteiger partial charge in [0.2, 0.25) is 10.0 Å². The fraction of sp³-hybridized carbons (Fsp3) is 0.500. The van der Waals surface area contributed by atoms with E-state index in [0.29, 0.717) is 17.9 Å². The number of nitrogens with zero attached hydrogens (tertiary/aromatic N) is 2. The normalized spacial score (nSPS) is 23.0. The van der Waals surface area contributed by atoms with E-state index in [1.807, 2.05) is 20.8 Å². The monoisotopic (exact) mass is 457 g/mol. The molecular weight excluding hydrogens is 438 g/mol. The maximum absolute atomic E-state index is 11.7. The van der Waals surface area contributed by atoms with Crippen LogP contribution < -0.4 is 5.14 Å². The van der Waals surface area contributed by atoms with Crippen LogP contribution in [0.3, 0.4) is 0 Å². The third-order valence-electron chi connectivity index (χ3n) is 3.46. The van der Waals surface area contributed by atoms with Gasteiger partial charge < -0.3 is 10.0 Å². The van der Waals surface area contributed by atoms with Crippen molar-refractivity contribution in [3.8, 4) is 0 Å². The molecule has 3 N–H and O–H groups in total. The number of hydrogen-bond donors (Lipinski definition) is 2. The van der Waals surface area contributed by atoms with Gasteiger partial charge in [-0.25, -0.2) is 13.6 Å². The number of sulfonamides is 1. The predicted molar refractivity (Wildman–Crippen MR) is 104 cm³/mol. The Morgan fingerprint density at radius 1 is 1.50 bits per heavy atom. The van der Waals surface area contributed by atoms with E-state index in [4.69, 9.17) is 16.7 Å². The molecule has 0 bridgehead atoms. The number of halogens is 2. The van der Waals surface area contributed by atoms with E-state index in [1.165, 1.54) is 23.9 Å². The molecule has 24 heavy (non-hydrogen) atoms. The molecule has 6 nitrogen and oxygen atoms in total. The first-order valence-electron chi connectivity index (χ1n) is 7.13. The van der Waals surface area contributed by atoms with Gasteiger partial charge in [-0.3, -0.25) is 4.99 Å². The van der Waals surface area contributed by atoms with Crippen LogP contribution in [0.5, 0.6) is 0 Å². The summed E-state index contributed by atoms with van der Waals surface area (Å²) in [6.07, 6.45) is 0. The fourth-order valence-electron chi connectivity index (χ4n) is 2.41. The second-order valence-corrected chi connectivity index (χ2v) is 8.42. The molecule has 1 aromatic carbocycles.